The van der Waals surface area contributed by atoms with Crippen molar-refractivity contribution < 1.29 is 8.83 Å². The second-order valence-electron chi connectivity index (χ2n) is 12.4. The normalized spacial score (nSPS) is 13.0. The van der Waals surface area contributed by atoms with E-state index in [1.54, 1.807) is 0 Å². The molecule has 0 atom stereocenters. The summed E-state index contributed by atoms with van der Waals surface area (Å²) in [5.41, 5.74) is 13.5. The van der Waals surface area contributed by atoms with E-state index in [1.165, 1.54) is 55.3 Å². The van der Waals surface area contributed by atoms with E-state index in [-0.39, 0.29) is 0 Å². The second kappa shape index (κ2) is 10.9. The summed E-state index contributed by atoms with van der Waals surface area (Å²) in [6.45, 7) is 6.19. The van der Waals surface area contributed by atoms with E-state index < -0.39 is 0 Å². The van der Waals surface area contributed by atoms with Crippen LogP contribution in [-0.2, 0) is 6.42 Å². The zero-order chi connectivity index (χ0) is 31.5. The lowest BCUT2D eigenvalue weighted by molar-refractivity contribution is 0.541. The van der Waals surface area contributed by atoms with Crippen molar-refractivity contribution in [2.24, 2.45) is 0 Å². The van der Waals surface area contributed by atoms with E-state index in [2.05, 4.69) is 141 Å². The third-order valence-electron chi connectivity index (χ3n) is 9.71. The zero-order valence-electron chi connectivity index (χ0n) is 26.2. The molecule has 0 N–H and O–H groups in total. The van der Waals surface area contributed by atoms with Crippen LogP contribution in [0.1, 0.15) is 28.9 Å². The fourth-order valence-corrected chi connectivity index (χ4v) is 7.50. The topological polar surface area (TPSA) is 26.3 Å². The van der Waals surface area contributed by atoms with E-state index in [0.29, 0.717) is 0 Å². The van der Waals surface area contributed by atoms with Gasteiger partial charge in [-0.2, -0.15) is 0 Å². The third kappa shape index (κ3) is 4.33. The fourth-order valence-electron chi connectivity index (χ4n) is 7.50. The van der Waals surface area contributed by atoms with E-state index in [0.717, 1.165) is 57.1 Å². The minimum atomic E-state index is 0.829. The lowest BCUT2D eigenvalue weighted by Gasteiger charge is -2.20. The van der Waals surface area contributed by atoms with Crippen LogP contribution in [0.4, 0.5) is 0 Å². The molecule has 0 saturated carbocycles. The maximum Gasteiger partial charge on any atom is 0.178 e. The average Bonchev–Trinajstić information content (AvgIpc) is 3.69. The number of furan rings is 2. The summed E-state index contributed by atoms with van der Waals surface area (Å²) >= 11 is 0. The Morgan fingerprint density at radius 1 is 0.617 bits per heavy atom. The average molecular weight is 605 g/mol. The predicted octanol–water partition coefficient (Wildman–Crippen LogP) is 13.0. The zero-order valence-corrected chi connectivity index (χ0v) is 26.2. The van der Waals surface area contributed by atoms with Crippen LogP contribution >= 0.6 is 0 Å². The highest BCUT2D eigenvalue weighted by Crippen LogP contribution is 2.44. The molecule has 1 aliphatic rings. The van der Waals surface area contributed by atoms with Crippen molar-refractivity contribution in [3.63, 3.8) is 0 Å². The largest absolute Gasteiger partial charge is 0.456 e. The molecule has 6 aromatic carbocycles. The highest BCUT2D eigenvalue weighted by atomic mass is 16.4. The molecule has 47 heavy (non-hydrogen) atoms. The molecule has 1 aliphatic carbocycles. The Balaban J connectivity index is 1.16. The predicted molar refractivity (Wildman–Crippen MR) is 199 cm³/mol. The van der Waals surface area contributed by atoms with Crippen LogP contribution in [0.3, 0.4) is 0 Å². The summed E-state index contributed by atoms with van der Waals surface area (Å²) in [5, 5.41) is 5.81. The Kier molecular flexibility index (Phi) is 6.36. The highest BCUT2D eigenvalue weighted by Gasteiger charge is 2.21. The first kappa shape index (κ1) is 27.5. The standard InChI is InChI=1S/C45H32O2/c1-3-4-14-33-28(2)42(35-16-8-9-17-36(35)43(33)30-12-6-5-7-13-30)31-21-19-29(20-22-31)32-23-26-41-39(27-32)38-25-24-37-34-15-10-11-18-40(34)46-44(37)45(38)47-41/h3-10,12-17,19-27H,1,11,18H2,2H3/b14-4-. The monoisotopic (exact) mass is 604 g/mol. The molecule has 2 nitrogen and oxygen atoms in total. The summed E-state index contributed by atoms with van der Waals surface area (Å²) < 4.78 is 12.8. The van der Waals surface area contributed by atoms with Gasteiger partial charge in [-0.3, -0.25) is 0 Å². The third-order valence-corrected chi connectivity index (χ3v) is 9.71. The van der Waals surface area contributed by atoms with Crippen molar-refractivity contribution in [2.45, 2.75) is 19.8 Å². The Bertz CT molecular complexity index is 2570. The van der Waals surface area contributed by atoms with Crippen LogP contribution in [0.5, 0.6) is 0 Å². The first-order valence-electron chi connectivity index (χ1n) is 16.3. The van der Waals surface area contributed by atoms with E-state index in [9.17, 15) is 0 Å². The molecule has 2 aromatic heterocycles. The van der Waals surface area contributed by atoms with Gasteiger partial charge in [-0.1, -0.05) is 122 Å². The van der Waals surface area contributed by atoms with Crippen molar-refractivity contribution in [1.82, 2.24) is 0 Å². The molecule has 8 aromatic rings. The SMILES string of the molecule is C=C/C=C\c1c(C)c(-c2ccc(-c3ccc4oc5c(ccc6c7c(oc65)CCC=C7)c4c3)cc2)c2ccccc2c1-c1ccccc1. The lowest BCUT2D eigenvalue weighted by Crippen LogP contribution is -1.96. The van der Waals surface area contributed by atoms with Crippen LogP contribution < -0.4 is 0 Å². The van der Waals surface area contributed by atoms with E-state index in [4.69, 9.17) is 8.83 Å². The number of hydrogen-bond donors (Lipinski definition) is 0. The van der Waals surface area contributed by atoms with Gasteiger partial charge in [-0.05, 0) is 92.9 Å². The van der Waals surface area contributed by atoms with Crippen molar-refractivity contribution in [1.29, 1.82) is 0 Å². The molecule has 0 radical (unpaired) electrons. The van der Waals surface area contributed by atoms with Gasteiger partial charge in [0, 0.05) is 28.1 Å². The maximum absolute atomic E-state index is 6.42. The number of fused-ring (bicyclic) bond motifs is 8. The first-order chi connectivity index (χ1) is 23.2. The smallest absolute Gasteiger partial charge is 0.178 e. The summed E-state index contributed by atoms with van der Waals surface area (Å²) in [5.74, 6) is 1.05. The van der Waals surface area contributed by atoms with Crippen molar-refractivity contribution in [2.75, 3.05) is 0 Å². The first-order valence-corrected chi connectivity index (χ1v) is 16.3. The van der Waals surface area contributed by atoms with Gasteiger partial charge in [-0.25, -0.2) is 0 Å². The van der Waals surface area contributed by atoms with Gasteiger partial charge < -0.3 is 8.83 Å². The minimum Gasteiger partial charge on any atom is -0.456 e. The van der Waals surface area contributed by atoms with Gasteiger partial charge in [0.05, 0.1) is 0 Å². The van der Waals surface area contributed by atoms with Crippen molar-refractivity contribution in [3.8, 4) is 33.4 Å². The molecule has 0 unspecified atom stereocenters. The Hall–Kier alpha value is -5.86. The number of benzene rings is 6. The number of aryl methyl sites for hydroxylation is 1. The van der Waals surface area contributed by atoms with Gasteiger partial charge in [-0.15, -0.1) is 0 Å². The molecule has 0 fully saturated rings. The van der Waals surface area contributed by atoms with Crippen LogP contribution in [0.15, 0.2) is 143 Å². The van der Waals surface area contributed by atoms with Crippen LogP contribution in [0.2, 0.25) is 0 Å². The second-order valence-corrected chi connectivity index (χ2v) is 12.4. The van der Waals surface area contributed by atoms with Crippen LogP contribution in [-0.4, -0.2) is 0 Å². The fraction of sp³-hybridized carbons (Fsp3) is 0.0667. The molecule has 0 aliphatic heterocycles. The Labute approximate surface area is 273 Å². The number of allylic oxidation sites excluding steroid dienone is 3. The molecule has 0 bridgehead atoms. The molecule has 2 heterocycles. The molecule has 0 saturated heterocycles. The van der Waals surface area contributed by atoms with Gasteiger partial charge in [0.15, 0.2) is 11.2 Å². The summed E-state index contributed by atoms with van der Waals surface area (Å²) in [7, 11) is 0. The molecule has 0 amide bonds. The van der Waals surface area contributed by atoms with Gasteiger partial charge in [0.1, 0.15) is 11.3 Å². The lowest BCUT2D eigenvalue weighted by atomic mass is 9.83. The summed E-state index contributed by atoms with van der Waals surface area (Å²) in [6.07, 6.45) is 12.4. The van der Waals surface area contributed by atoms with Crippen molar-refractivity contribution in [3.05, 3.63) is 156 Å². The molecule has 224 valence electrons. The van der Waals surface area contributed by atoms with Crippen LogP contribution in [0.25, 0.3) is 89.2 Å². The van der Waals surface area contributed by atoms with E-state index in [1.807, 2.05) is 12.2 Å². The van der Waals surface area contributed by atoms with Crippen LogP contribution in [0, 0.1) is 6.92 Å². The summed E-state index contributed by atoms with van der Waals surface area (Å²) in [4.78, 5) is 0. The Morgan fingerprint density at radius 3 is 2.11 bits per heavy atom. The molecule has 0 spiro atoms. The maximum atomic E-state index is 6.42. The van der Waals surface area contributed by atoms with Gasteiger partial charge in [0.25, 0.3) is 0 Å². The highest BCUT2D eigenvalue weighted by molar-refractivity contribution is 6.15. The quantitative estimate of drug-likeness (QED) is 0.183. The molecular weight excluding hydrogens is 572 g/mol. The van der Waals surface area contributed by atoms with Gasteiger partial charge in [0.2, 0.25) is 0 Å². The van der Waals surface area contributed by atoms with E-state index >= 15 is 0 Å². The molecular formula is C45H32O2. The number of hydrogen-bond acceptors (Lipinski definition) is 2. The van der Waals surface area contributed by atoms with Crippen molar-refractivity contribution >= 4 is 55.8 Å². The summed E-state index contributed by atoms with van der Waals surface area (Å²) in [6, 6.07) is 39.3. The minimum absolute atomic E-state index is 0.829. The number of rotatable bonds is 5. The molecule has 9 rings (SSSR count). The molecule has 2 heteroatoms. The van der Waals surface area contributed by atoms with Gasteiger partial charge >= 0.3 is 0 Å². The Morgan fingerprint density at radius 2 is 1.30 bits per heavy atom.